The van der Waals surface area contributed by atoms with E-state index in [2.05, 4.69) is 21.8 Å². The van der Waals surface area contributed by atoms with Crippen LogP contribution in [0.5, 0.6) is 11.6 Å². The number of benzene rings is 1. The van der Waals surface area contributed by atoms with Crippen LogP contribution in [-0.4, -0.2) is 83.8 Å². The Balaban J connectivity index is 1.22. The molecule has 2 aromatic rings. The molecule has 182 valence electrons. The predicted octanol–water partition coefficient (Wildman–Crippen LogP) is 3.16. The molecule has 3 saturated heterocycles. The van der Waals surface area contributed by atoms with E-state index in [1.54, 1.807) is 12.4 Å². The number of aromatic nitrogens is 2. The van der Waals surface area contributed by atoms with Crippen LogP contribution < -0.4 is 4.74 Å². The molecule has 0 aliphatic carbocycles. The van der Waals surface area contributed by atoms with Gasteiger partial charge in [-0.25, -0.2) is 4.98 Å². The number of morpholine rings is 1. The molecule has 5 rings (SSSR count). The summed E-state index contributed by atoms with van der Waals surface area (Å²) in [6.07, 6.45) is 7.06. The molecule has 1 aromatic heterocycles. The quantitative estimate of drug-likeness (QED) is 0.670. The number of likely N-dealkylation sites (tertiary alicyclic amines) is 1. The maximum atomic E-state index is 13.5. The normalized spacial score (nSPS) is 23.1. The Kier molecular flexibility index (Phi) is 7.37. The molecule has 8 heteroatoms. The van der Waals surface area contributed by atoms with Gasteiger partial charge in [0.25, 0.3) is 0 Å². The number of nitrogens with zero attached hydrogens (tertiary/aromatic N) is 4. The van der Waals surface area contributed by atoms with Gasteiger partial charge in [-0.1, -0.05) is 17.7 Å². The topological polar surface area (TPSA) is 77.0 Å². The highest BCUT2D eigenvalue weighted by molar-refractivity contribution is 5.82. The average molecular weight is 467 g/mol. The lowest BCUT2D eigenvalue weighted by atomic mass is 9.92. The Morgan fingerprint density at radius 1 is 0.941 bits per heavy atom. The van der Waals surface area contributed by atoms with Crippen molar-refractivity contribution in [2.45, 2.75) is 50.6 Å². The van der Waals surface area contributed by atoms with Crippen molar-refractivity contribution in [3.05, 3.63) is 47.9 Å². The van der Waals surface area contributed by atoms with E-state index in [4.69, 9.17) is 14.2 Å². The Bertz CT molecular complexity index is 956. The Hall–Kier alpha value is -2.55. The summed E-state index contributed by atoms with van der Waals surface area (Å²) < 4.78 is 17.3. The summed E-state index contributed by atoms with van der Waals surface area (Å²) in [5.74, 6) is 1.72. The second-order valence-corrected chi connectivity index (χ2v) is 9.43. The third kappa shape index (κ3) is 5.24. The molecule has 4 heterocycles. The van der Waals surface area contributed by atoms with Gasteiger partial charge in [0.1, 0.15) is 17.5 Å². The first-order valence-corrected chi connectivity index (χ1v) is 12.4. The van der Waals surface area contributed by atoms with Crippen molar-refractivity contribution >= 4 is 5.91 Å². The summed E-state index contributed by atoms with van der Waals surface area (Å²) in [5.41, 5.74) is 2.06. The number of aryl methyl sites for hydroxylation is 1. The van der Waals surface area contributed by atoms with E-state index in [0.717, 1.165) is 56.9 Å². The zero-order valence-corrected chi connectivity index (χ0v) is 19.9. The van der Waals surface area contributed by atoms with Crippen molar-refractivity contribution in [3.63, 3.8) is 0 Å². The fraction of sp³-hybridized carbons (Fsp3) is 0.577. The summed E-state index contributed by atoms with van der Waals surface area (Å²) >= 11 is 0. The Morgan fingerprint density at radius 3 is 2.44 bits per heavy atom. The lowest BCUT2D eigenvalue weighted by Crippen LogP contribution is -2.59. The smallest absolute Gasteiger partial charge is 0.242 e. The monoisotopic (exact) mass is 466 g/mol. The first-order valence-electron chi connectivity index (χ1n) is 12.4. The number of carbonyl (C=O) groups excluding carboxylic acids is 1. The summed E-state index contributed by atoms with van der Waals surface area (Å²) in [4.78, 5) is 27.0. The fourth-order valence-electron chi connectivity index (χ4n) is 5.28. The highest BCUT2D eigenvalue weighted by Crippen LogP contribution is 2.34. The number of carbonyl (C=O) groups is 1. The number of rotatable bonds is 5. The molecule has 8 nitrogen and oxygen atoms in total. The van der Waals surface area contributed by atoms with Crippen LogP contribution in [0.2, 0.25) is 0 Å². The molecule has 0 saturated carbocycles. The van der Waals surface area contributed by atoms with E-state index in [-0.39, 0.29) is 17.9 Å². The van der Waals surface area contributed by atoms with Gasteiger partial charge < -0.3 is 19.1 Å². The zero-order valence-electron chi connectivity index (χ0n) is 19.9. The van der Waals surface area contributed by atoms with Gasteiger partial charge in [0.15, 0.2) is 0 Å². The van der Waals surface area contributed by atoms with Crippen LogP contribution in [-0.2, 0) is 14.3 Å². The van der Waals surface area contributed by atoms with Crippen molar-refractivity contribution < 1.29 is 19.0 Å². The first-order chi connectivity index (χ1) is 16.7. The molecule has 34 heavy (non-hydrogen) atoms. The van der Waals surface area contributed by atoms with Crippen LogP contribution in [0.25, 0.3) is 0 Å². The molecule has 3 aliphatic rings. The maximum absolute atomic E-state index is 13.5. The molecule has 1 unspecified atom stereocenters. The van der Waals surface area contributed by atoms with Gasteiger partial charge >= 0.3 is 0 Å². The number of hydrogen-bond acceptors (Lipinski definition) is 7. The van der Waals surface area contributed by atoms with Crippen LogP contribution in [0.3, 0.4) is 0 Å². The largest absolute Gasteiger partial charge is 0.437 e. The summed E-state index contributed by atoms with van der Waals surface area (Å²) in [6.45, 7) is 7.02. The molecule has 0 radical (unpaired) electrons. The van der Waals surface area contributed by atoms with Crippen LogP contribution in [0.4, 0.5) is 0 Å². The predicted molar refractivity (Wildman–Crippen MR) is 127 cm³/mol. The molecule has 1 atom stereocenters. The number of amides is 1. The number of piperidine rings is 1. The standard InChI is InChI=1S/C26H34N4O4/c1-19-2-4-22(5-3-19)34-25-24(27-10-11-28-25)20-6-12-29(13-7-20)26(31)23-18-33-17-14-30(23)21-8-15-32-16-9-21/h2-5,10-11,20-21,23H,6-9,12-18H2,1H3. The highest BCUT2D eigenvalue weighted by atomic mass is 16.5. The van der Waals surface area contributed by atoms with Crippen molar-refractivity contribution in [2.24, 2.45) is 0 Å². The van der Waals surface area contributed by atoms with Gasteiger partial charge in [-0.15, -0.1) is 0 Å². The van der Waals surface area contributed by atoms with Gasteiger partial charge in [0.2, 0.25) is 11.8 Å². The van der Waals surface area contributed by atoms with E-state index in [0.29, 0.717) is 38.2 Å². The van der Waals surface area contributed by atoms with E-state index >= 15 is 0 Å². The highest BCUT2D eigenvalue weighted by Gasteiger charge is 2.38. The zero-order chi connectivity index (χ0) is 23.3. The van der Waals surface area contributed by atoms with Gasteiger partial charge in [0, 0.05) is 57.2 Å². The second-order valence-electron chi connectivity index (χ2n) is 9.43. The third-order valence-corrected chi connectivity index (χ3v) is 7.23. The SMILES string of the molecule is Cc1ccc(Oc2nccnc2C2CCN(C(=O)C3COCCN3C3CCOCC3)CC2)cc1. The lowest BCUT2D eigenvalue weighted by Gasteiger charge is -2.44. The molecule has 1 aromatic carbocycles. The maximum Gasteiger partial charge on any atom is 0.242 e. The minimum atomic E-state index is -0.189. The molecule has 3 fully saturated rings. The third-order valence-electron chi connectivity index (χ3n) is 7.23. The van der Waals surface area contributed by atoms with Crippen molar-refractivity contribution in [1.29, 1.82) is 0 Å². The van der Waals surface area contributed by atoms with Gasteiger partial charge in [-0.3, -0.25) is 14.7 Å². The summed E-state index contributed by atoms with van der Waals surface area (Å²) in [7, 11) is 0. The van der Waals surface area contributed by atoms with Crippen molar-refractivity contribution in [2.75, 3.05) is 46.1 Å². The van der Waals surface area contributed by atoms with Gasteiger partial charge in [-0.05, 0) is 44.7 Å². The second kappa shape index (κ2) is 10.8. The Morgan fingerprint density at radius 2 is 1.68 bits per heavy atom. The minimum Gasteiger partial charge on any atom is -0.437 e. The van der Waals surface area contributed by atoms with Crippen molar-refractivity contribution in [1.82, 2.24) is 19.8 Å². The van der Waals surface area contributed by atoms with E-state index < -0.39 is 0 Å². The molecule has 1 amide bonds. The number of ether oxygens (including phenoxy) is 3. The number of hydrogen-bond donors (Lipinski definition) is 0. The summed E-state index contributed by atoms with van der Waals surface area (Å²) in [5, 5.41) is 0. The van der Waals surface area contributed by atoms with E-state index in [9.17, 15) is 4.79 Å². The minimum absolute atomic E-state index is 0.189. The molecule has 0 N–H and O–H groups in total. The Labute approximate surface area is 201 Å². The van der Waals surface area contributed by atoms with Gasteiger partial charge in [-0.2, -0.15) is 0 Å². The molecular formula is C26H34N4O4. The molecule has 0 spiro atoms. The van der Waals surface area contributed by atoms with E-state index in [1.807, 2.05) is 29.2 Å². The lowest BCUT2D eigenvalue weighted by molar-refractivity contribution is -0.148. The fourth-order valence-corrected chi connectivity index (χ4v) is 5.28. The van der Waals surface area contributed by atoms with Crippen LogP contribution in [0, 0.1) is 6.92 Å². The van der Waals surface area contributed by atoms with Crippen LogP contribution >= 0.6 is 0 Å². The molecule has 0 bridgehead atoms. The van der Waals surface area contributed by atoms with Crippen LogP contribution in [0.1, 0.15) is 42.9 Å². The first kappa shape index (κ1) is 23.2. The van der Waals surface area contributed by atoms with Gasteiger partial charge in [0.05, 0.1) is 13.2 Å². The molecule has 3 aliphatic heterocycles. The average Bonchev–Trinajstić information content (AvgIpc) is 2.90. The summed E-state index contributed by atoms with van der Waals surface area (Å²) in [6, 6.07) is 8.16. The molecular weight excluding hydrogens is 432 g/mol. The van der Waals surface area contributed by atoms with E-state index in [1.165, 1.54) is 5.56 Å². The van der Waals surface area contributed by atoms with Crippen LogP contribution in [0.15, 0.2) is 36.7 Å². The van der Waals surface area contributed by atoms with Crippen molar-refractivity contribution in [3.8, 4) is 11.6 Å².